The number of benzene rings is 2. The molecule has 1 aliphatic heterocycles. The van der Waals surface area contributed by atoms with Crippen molar-refractivity contribution in [2.75, 3.05) is 35.7 Å². The van der Waals surface area contributed by atoms with Gasteiger partial charge in [0.2, 0.25) is 5.95 Å². The van der Waals surface area contributed by atoms with E-state index in [9.17, 15) is 9.59 Å². The zero-order valence-electron chi connectivity index (χ0n) is 20.0. The molecule has 3 N–H and O–H groups in total. The Balaban J connectivity index is 1.48. The van der Waals surface area contributed by atoms with E-state index in [1.165, 1.54) is 0 Å². The standard InChI is InChI=1S/C27H25N7O2/c1-3-7-22(35)32-14-15-33(17-32)27-31-23(24-25(28)29-12-13-34(24)27)20-10-11-21(18(2)16-20)30-26(36)19-8-5-4-6-9-19/h4-6,8-13,16H,14-15,17H2,1-2H3,(H2,28,29)(H,30,36). The van der Waals surface area contributed by atoms with E-state index in [2.05, 4.69) is 22.1 Å². The molecule has 4 aromatic rings. The van der Waals surface area contributed by atoms with Crippen LogP contribution in [0.15, 0.2) is 60.9 Å². The first-order chi connectivity index (χ1) is 17.5. The quantitative estimate of drug-likeness (QED) is 0.435. The lowest BCUT2D eigenvalue weighted by Crippen LogP contribution is -2.30. The van der Waals surface area contributed by atoms with Gasteiger partial charge < -0.3 is 20.9 Å². The number of aromatic nitrogens is 3. The normalized spacial score (nSPS) is 12.9. The van der Waals surface area contributed by atoms with Crippen molar-refractivity contribution in [3.05, 3.63) is 72.1 Å². The molecule has 36 heavy (non-hydrogen) atoms. The van der Waals surface area contributed by atoms with Crippen LogP contribution in [0.4, 0.5) is 17.5 Å². The maximum Gasteiger partial charge on any atom is 0.299 e. The van der Waals surface area contributed by atoms with E-state index in [1.807, 2.05) is 58.8 Å². The van der Waals surface area contributed by atoms with Crippen LogP contribution >= 0.6 is 0 Å². The van der Waals surface area contributed by atoms with Gasteiger partial charge in [0.1, 0.15) is 17.0 Å². The molecule has 1 fully saturated rings. The molecule has 180 valence electrons. The number of aryl methyl sites for hydroxylation is 1. The predicted molar refractivity (Wildman–Crippen MR) is 139 cm³/mol. The number of imidazole rings is 1. The van der Waals surface area contributed by atoms with Gasteiger partial charge in [-0.1, -0.05) is 30.2 Å². The minimum absolute atomic E-state index is 0.171. The van der Waals surface area contributed by atoms with Crippen LogP contribution in [0.2, 0.25) is 0 Å². The lowest BCUT2D eigenvalue weighted by atomic mass is 10.1. The third-order valence-corrected chi connectivity index (χ3v) is 6.13. The van der Waals surface area contributed by atoms with E-state index >= 15 is 0 Å². The van der Waals surface area contributed by atoms with Crippen LogP contribution in [0.25, 0.3) is 16.8 Å². The summed E-state index contributed by atoms with van der Waals surface area (Å²) in [7, 11) is 0. The number of anilines is 3. The molecular formula is C27H25N7O2. The maximum absolute atomic E-state index is 12.6. The highest BCUT2D eigenvalue weighted by atomic mass is 16.2. The SMILES string of the molecule is CC#CC(=O)N1CCN(c2nc(-c3ccc(NC(=O)c4ccccc4)c(C)c3)c3c(N)nccn23)C1. The Labute approximate surface area is 208 Å². The Morgan fingerprint density at radius 2 is 1.92 bits per heavy atom. The molecular weight excluding hydrogens is 454 g/mol. The number of nitrogens with one attached hydrogen (secondary N) is 1. The number of nitrogens with zero attached hydrogens (tertiary/aromatic N) is 5. The number of nitrogens with two attached hydrogens (primary N) is 1. The van der Waals surface area contributed by atoms with Gasteiger partial charge in [-0.3, -0.25) is 14.0 Å². The second-order valence-electron chi connectivity index (χ2n) is 8.49. The van der Waals surface area contributed by atoms with Gasteiger partial charge in [-0.15, -0.1) is 0 Å². The zero-order valence-corrected chi connectivity index (χ0v) is 20.0. The largest absolute Gasteiger partial charge is 0.382 e. The molecule has 2 aromatic carbocycles. The molecule has 0 aliphatic carbocycles. The summed E-state index contributed by atoms with van der Waals surface area (Å²) in [6.45, 7) is 5.16. The van der Waals surface area contributed by atoms with Crippen LogP contribution in [-0.4, -0.2) is 50.8 Å². The van der Waals surface area contributed by atoms with Gasteiger partial charge in [0, 0.05) is 42.3 Å². The molecule has 0 spiro atoms. The van der Waals surface area contributed by atoms with Crippen molar-refractivity contribution in [2.45, 2.75) is 13.8 Å². The Kier molecular flexibility index (Phi) is 6.00. The van der Waals surface area contributed by atoms with E-state index in [1.54, 1.807) is 30.2 Å². The smallest absolute Gasteiger partial charge is 0.299 e. The molecule has 2 amide bonds. The highest BCUT2D eigenvalue weighted by molar-refractivity contribution is 6.04. The Hall–Kier alpha value is -4.84. The lowest BCUT2D eigenvalue weighted by Gasteiger charge is -2.17. The van der Waals surface area contributed by atoms with E-state index in [0.29, 0.717) is 54.0 Å². The van der Waals surface area contributed by atoms with Gasteiger partial charge in [-0.25, -0.2) is 9.97 Å². The summed E-state index contributed by atoms with van der Waals surface area (Å²) in [4.78, 5) is 37.8. The van der Waals surface area contributed by atoms with Crippen LogP contribution in [0.3, 0.4) is 0 Å². The van der Waals surface area contributed by atoms with E-state index in [0.717, 1.165) is 11.1 Å². The highest BCUT2D eigenvalue weighted by Crippen LogP contribution is 2.33. The fourth-order valence-corrected chi connectivity index (χ4v) is 4.31. The molecule has 3 heterocycles. The molecule has 0 saturated carbocycles. The fourth-order valence-electron chi connectivity index (χ4n) is 4.31. The molecule has 9 heteroatoms. The van der Waals surface area contributed by atoms with Crippen molar-refractivity contribution in [1.82, 2.24) is 19.3 Å². The van der Waals surface area contributed by atoms with Gasteiger partial charge in [0.05, 0.1) is 6.67 Å². The first-order valence-corrected chi connectivity index (χ1v) is 11.5. The molecule has 0 bridgehead atoms. The number of amides is 2. The number of rotatable bonds is 4. The Morgan fingerprint density at radius 3 is 2.67 bits per heavy atom. The predicted octanol–water partition coefficient (Wildman–Crippen LogP) is 3.17. The first-order valence-electron chi connectivity index (χ1n) is 11.5. The number of nitrogen functional groups attached to an aromatic ring is 1. The van der Waals surface area contributed by atoms with Crippen LogP contribution in [0.1, 0.15) is 22.8 Å². The topological polar surface area (TPSA) is 109 Å². The second-order valence-corrected chi connectivity index (χ2v) is 8.49. The van der Waals surface area contributed by atoms with Crippen LogP contribution in [0.5, 0.6) is 0 Å². The molecule has 1 saturated heterocycles. The highest BCUT2D eigenvalue weighted by Gasteiger charge is 2.28. The molecule has 5 rings (SSSR count). The number of fused-ring (bicyclic) bond motifs is 1. The minimum Gasteiger partial charge on any atom is -0.382 e. The average Bonchev–Trinajstić information content (AvgIpc) is 3.52. The summed E-state index contributed by atoms with van der Waals surface area (Å²) in [6.07, 6.45) is 3.45. The molecule has 0 atom stereocenters. The van der Waals surface area contributed by atoms with Crippen molar-refractivity contribution in [3.63, 3.8) is 0 Å². The van der Waals surface area contributed by atoms with Gasteiger partial charge in [-0.05, 0) is 49.6 Å². The van der Waals surface area contributed by atoms with Gasteiger partial charge in [0.15, 0.2) is 0 Å². The summed E-state index contributed by atoms with van der Waals surface area (Å²) < 4.78 is 1.90. The molecule has 2 aromatic heterocycles. The summed E-state index contributed by atoms with van der Waals surface area (Å²) in [5, 5.41) is 2.97. The van der Waals surface area contributed by atoms with Gasteiger partial charge >= 0.3 is 0 Å². The third kappa shape index (κ3) is 4.20. The summed E-state index contributed by atoms with van der Waals surface area (Å²) in [5.74, 6) is 5.91. The zero-order chi connectivity index (χ0) is 25.2. The number of carbonyl (C=O) groups excluding carboxylic acids is 2. The molecule has 1 aliphatic rings. The molecule has 0 unspecified atom stereocenters. The van der Waals surface area contributed by atoms with Crippen LogP contribution < -0.4 is 16.0 Å². The van der Waals surface area contributed by atoms with Crippen molar-refractivity contribution >= 4 is 34.8 Å². The number of hydrogen-bond donors (Lipinski definition) is 2. The summed E-state index contributed by atoms with van der Waals surface area (Å²) >= 11 is 0. The molecule has 0 radical (unpaired) electrons. The monoisotopic (exact) mass is 479 g/mol. The van der Waals surface area contributed by atoms with Crippen molar-refractivity contribution < 1.29 is 9.59 Å². The number of hydrogen-bond acceptors (Lipinski definition) is 6. The fraction of sp³-hybridized carbons (Fsp3) is 0.185. The number of carbonyl (C=O) groups is 2. The second kappa shape index (κ2) is 9.43. The van der Waals surface area contributed by atoms with Gasteiger partial charge in [-0.2, -0.15) is 0 Å². The van der Waals surface area contributed by atoms with E-state index < -0.39 is 0 Å². The van der Waals surface area contributed by atoms with Crippen LogP contribution in [0, 0.1) is 18.8 Å². The van der Waals surface area contributed by atoms with Crippen molar-refractivity contribution in [3.8, 4) is 23.1 Å². The lowest BCUT2D eigenvalue weighted by molar-refractivity contribution is -0.124. The van der Waals surface area contributed by atoms with E-state index in [4.69, 9.17) is 10.7 Å². The van der Waals surface area contributed by atoms with Gasteiger partial charge in [0.25, 0.3) is 11.8 Å². The Morgan fingerprint density at radius 1 is 1.11 bits per heavy atom. The Bertz CT molecular complexity index is 1530. The molecule has 9 nitrogen and oxygen atoms in total. The van der Waals surface area contributed by atoms with Crippen LogP contribution in [-0.2, 0) is 4.79 Å². The van der Waals surface area contributed by atoms with Crippen molar-refractivity contribution in [1.29, 1.82) is 0 Å². The minimum atomic E-state index is -0.203. The third-order valence-electron chi connectivity index (χ3n) is 6.13. The summed E-state index contributed by atoms with van der Waals surface area (Å²) in [5.41, 5.74) is 10.7. The maximum atomic E-state index is 12.6. The first kappa shape index (κ1) is 22.9. The van der Waals surface area contributed by atoms with E-state index in [-0.39, 0.29) is 11.8 Å². The average molecular weight is 480 g/mol. The summed E-state index contributed by atoms with van der Waals surface area (Å²) in [6, 6.07) is 14.8. The van der Waals surface area contributed by atoms with Crippen molar-refractivity contribution in [2.24, 2.45) is 0 Å².